The minimum absolute atomic E-state index is 1.30. The second kappa shape index (κ2) is 5.03. The molecule has 0 saturated carbocycles. The summed E-state index contributed by atoms with van der Waals surface area (Å²) in [7, 11) is 0. The number of halogens is 1. The molecule has 0 aliphatic carbocycles. The van der Waals surface area contributed by atoms with E-state index in [4.69, 9.17) is 0 Å². The summed E-state index contributed by atoms with van der Waals surface area (Å²) in [5.41, 5.74) is 1.31. The number of rotatable bonds is 2. The van der Waals surface area contributed by atoms with Gasteiger partial charge in [0.15, 0.2) is 0 Å². The molecule has 0 aliphatic heterocycles. The summed E-state index contributed by atoms with van der Waals surface area (Å²) in [5.74, 6) is 0. The van der Waals surface area contributed by atoms with Crippen LogP contribution in [0.4, 0.5) is 0 Å². The first-order valence-electron chi connectivity index (χ1n) is 4.75. The standard InChI is InChI=1S/C13H11IS/c1-10-6-8-11(9-7-10)15-13-5-3-2-4-12(13)14/h2-9H,1H3. The summed E-state index contributed by atoms with van der Waals surface area (Å²) < 4.78 is 1.31. The lowest BCUT2D eigenvalue weighted by molar-refractivity contribution is 1.34. The van der Waals surface area contributed by atoms with Crippen LogP contribution in [0.1, 0.15) is 5.56 Å². The molecule has 0 amide bonds. The van der Waals surface area contributed by atoms with E-state index in [9.17, 15) is 0 Å². The van der Waals surface area contributed by atoms with E-state index in [2.05, 4.69) is 78.0 Å². The van der Waals surface area contributed by atoms with Gasteiger partial charge in [0.1, 0.15) is 0 Å². The maximum atomic E-state index is 2.37. The van der Waals surface area contributed by atoms with Gasteiger partial charge in [-0.1, -0.05) is 41.6 Å². The van der Waals surface area contributed by atoms with Gasteiger partial charge in [0, 0.05) is 13.4 Å². The van der Waals surface area contributed by atoms with Crippen LogP contribution in [-0.4, -0.2) is 0 Å². The lowest BCUT2D eigenvalue weighted by Crippen LogP contribution is -1.78. The molecule has 2 rings (SSSR count). The number of aryl methyl sites for hydroxylation is 1. The molecule has 0 atom stereocenters. The van der Waals surface area contributed by atoms with Gasteiger partial charge in [-0.15, -0.1) is 0 Å². The summed E-state index contributed by atoms with van der Waals surface area (Å²) in [6.45, 7) is 2.11. The van der Waals surface area contributed by atoms with E-state index >= 15 is 0 Å². The molecule has 2 aromatic carbocycles. The molecule has 76 valence electrons. The Morgan fingerprint density at radius 3 is 2.27 bits per heavy atom. The fraction of sp³-hybridized carbons (Fsp3) is 0.0769. The van der Waals surface area contributed by atoms with Crippen LogP contribution in [0.2, 0.25) is 0 Å². The average molecular weight is 326 g/mol. The minimum atomic E-state index is 1.30. The Kier molecular flexibility index (Phi) is 3.70. The van der Waals surface area contributed by atoms with Crippen LogP contribution >= 0.6 is 34.4 Å². The van der Waals surface area contributed by atoms with Crippen molar-refractivity contribution in [1.29, 1.82) is 0 Å². The second-order valence-electron chi connectivity index (χ2n) is 3.35. The summed E-state index contributed by atoms with van der Waals surface area (Å²) >= 11 is 4.19. The molecule has 0 saturated heterocycles. The molecule has 0 radical (unpaired) electrons. The molecule has 0 nitrogen and oxygen atoms in total. The Hall–Kier alpha value is -0.480. The second-order valence-corrected chi connectivity index (χ2v) is 5.62. The van der Waals surface area contributed by atoms with Crippen molar-refractivity contribution in [2.75, 3.05) is 0 Å². The number of hydrogen-bond donors (Lipinski definition) is 0. The molecular weight excluding hydrogens is 315 g/mol. The normalized spacial score (nSPS) is 10.3. The Balaban J connectivity index is 2.22. The van der Waals surface area contributed by atoms with E-state index in [0.717, 1.165) is 0 Å². The van der Waals surface area contributed by atoms with Crippen LogP contribution < -0.4 is 0 Å². The maximum Gasteiger partial charge on any atom is 0.0269 e. The zero-order valence-electron chi connectivity index (χ0n) is 8.41. The Bertz CT molecular complexity index is 448. The van der Waals surface area contributed by atoms with Gasteiger partial charge in [0.2, 0.25) is 0 Å². The van der Waals surface area contributed by atoms with Gasteiger partial charge >= 0.3 is 0 Å². The van der Waals surface area contributed by atoms with Crippen molar-refractivity contribution < 1.29 is 0 Å². The van der Waals surface area contributed by atoms with Crippen molar-refractivity contribution in [3.05, 3.63) is 57.7 Å². The van der Waals surface area contributed by atoms with Gasteiger partial charge in [0.25, 0.3) is 0 Å². The molecule has 0 N–H and O–H groups in total. The first kappa shape index (κ1) is 11.0. The first-order valence-corrected chi connectivity index (χ1v) is 6.64. The topological polar surface area (TPSA) is 0 Å². The third-order valence-electron chi connectivity index (χ3n) is 2.09. The summed E-state index contributed by atoms with van der Waals surface area (Å²) in [6.07, 6.45) is 0. The van der Waals surface area contributed by atoms with Gasteiger partial charge in [-0.25, -0.2) is 0 Å². The summed E-state index contributed by atoms with van der Waals surface area (Å²) in [5, 5.41) is 0. The molecule has 2 heteroatoms. The number of hydrogen-bond acceptors (Lipinski definition) is 1. The summed E-state index contributed by atoms with van der Waals surface area (Å²) in [6, 6.07) is 17.1. The zero-order chi connectivity index (χ0) is 10.7. The average Bonchev–Trinajstić information content (AvgIpc) is 2.25. The van der Waals surface area contributed by atoms with Crippen molar-refractivity contribution in [1.82, 2.24) is 0 Å². The molecule has 0 unspecified atom stereocenters. The van der Waals surface area contributed by atoms with Crippen LogP contribution in [0.25, 0.3) is 0 Å². The highest BCUT2D eigenvalue weighted by atomic mass is 127. The monoisotopic (exact) mass is 326 g/mol. The Morgan fingerprint density at radius 2 is 1.60 bits per heavy atom. The molecule has 0 aromatic heterocycles. The molecular formula is C13H11IS. The van der Waals surface area contributed by atoms with Gasteiger partial charge in [0.05, 0.1) is 0 Å². The van der Waals surface area contributed by atoms with Crippen LogP contribution in [0.3, 0.4) is 0 Å². The quantitative estimate of drug-likeness (QED) is 0.718. The molecule has 0 bridgehead atoms. The SMILES string of the molecule is Cc1ccc(Sc2ccccc2I)cc1. The first-order chi connectivity index (χ1) is 7.25. The third kappa shape index (κ3) is 2.98. The van der Waals surface area contributed by atoms with Crippen molar-refractivity contribution >= 4 is 34.4 Å². The smallest absolute Gasteiger partial charge is 0.0269 e. The third-order valence-corrected chi connectivity index (χ3v) is 4.48. The van der Waals surface area contributed by atoms with Crippen molar-refractivity contribution in [3.63, 3.8) is 0 Å². The van der Waals surface area contributed by atoms with Crippen molar-refractivity contribution in [2.45, 2.75) is 16.7 Å². The van der Waals surface area contributed by atoms with Gasteiger partial charge in [-0.2, -0.15) is 0 Å². The fourth-order valence-corrected chi connectivity index (χ4v) is 2.82. The molecule has 0 heterocycles. The predicted molar refractivity (Wildman–Crippen MR) is 74.5 cm³/mol. The lowest BCUT2D eigenvalue weighted by atomic mass is 10.2. The molecule has 0 aliphatic rings. The molecule has 15 heavy (non-hydrogen) atoms. The van der Waals surface area contributed by atoms with Crippen molar-refractivity contribution in [3.8, 4) is 0 Å². The van der Waals surface area contributed by atoms with E-state index in [1.54, 1.807) is 0 Å². The van der Waals surface area contributed by atoms with Crippen molar-refractivity contribution in [2.24, 2.45) is 0 Å². The highest BCUT2D eigenvalue weighted by molar-refractivity contribution is 14.1. The van der Waals surface area contributed by atoms with E-state index in [1.807, 2.05) is 11.8 Å². The highest BCUT2D eigenvalue weighted by Crippen LogP contribution is 2.30. The highest BCUT2D eigenvalue weighted by Gasteiger charge is 2.00. The predicted octanol–water partition coefficient (Wildman–Crippen LogP) is 4.75. The maximum absolute atomic E-state index is 2.37. The molecule has 0 spiro atoms. The van der Waals surface area contributed by atoms with Crippen LogP contribution in [0, 0.1) is 10.5 Å². The van der Waals surface area contributed by atoms with Gasteiger partial charge in [-0.3, -0.25) is 0 Å². The van der Waals surface area contributed by atoms with E-state index in [-0.39, 0.29) is 0 Å². The largest absolute Gasteiger partial charge is 0.0890 e. The Labute approximate surface area is 108 Å². The van der Waals surface area contributed by atoms with E-state index < -0.39 is 0 Å². The molecule has 2 aromatic rings. The van der Waals surface area contributed by atoms with Crippen LogP contribution in [-0.2, 0) is 0 Å². The summed E-state index contributed by atoms with van der Waals surface area (Å²) in [4.78, 5) is 2.62. The number of benzene rings is 2. The fourth-order valence-electron chi connectivity index (χ4n) is 1.26. The molecule has 0 fully saturated rings. The minimum Gasteiger partial charge on any atom is -0.0890 e. The zero-order valence-corrected chi connectivity index (χ0v) is 11.4. The van der Waals surface area contributed by atoms with Gasteiger partial charge in [-0.05, 0) is 53.8 Å². The van der Waals surface area contributed by atoms with Crippen LogP contribution in [0.15, 0.2) is 58.3 Å². The lowest BCUT2D eigenvalue weighted by Gasteiger charge is -2.04. The van der Waals surface area contributed by atoms with Gasteiger partial charge < -0.3 is 0 Å². The van der Waals surface area contributed by atoms with Crippen LogP contribution in [0.5, 0.6) is 0 Å². The Morgan fingerprint density at radius 1 is 0.933 bits per heavy atom. The van der Waals surface area contributed by atoms with E-state index in [0.29, 0.717) is 0 Å². The van der Waals surface area contributed by atoms with E-state index in [1.165, 1.54) is 18.9 Å².